The first-order chi connectivity index (χ1) is 9.20. The molecule has 10 nitrogen and oxygen atoms in total. The highest BCUT2D eigenvalue weighted by Gasteiger charge is 2.26. The van der Waals surface area contributed by atoms with Gasteiger partial charge in [-0.15, -0.1) is 0 Å². The fraction of sp³-hybridized carbons (Fsp3) is 0.600. The Hall–Kier alpha value is -2.04. The number of aliphatic hydroxyl groups is 2. The zero-order chi connectivity index (χ0) is 15.9. The molecule has 0 rings (SSSR count). The van der Waals surface area contributed by atoms with Gasteiger partial charge < -0.3 is 32.3 Å². The van der Waals surface area contributed by atoms with E-state index < -0.39 is 48.6 Å². The molecule has 0 aliphatic heterocycles. The monoisotopic (exact) mass is 289 g/mol. The van der Waals surface area contributed by atoms with Crippen LogP contribution in [-0.4, -0.2) is 65.1 Å². The van der Waals surface area contributed by atoms with E-state index >= 15 is 0 Å². The first-order valence-corrected chi connectivity index (χ1v) is 5.56. The van der Waals surface area contributed by atoms with Crippen molar-refractivity contribution in [2.45, 2.75) is 31.2 Å². The summed E-state index contributed by atoms with van der Waals surface area (Å²) in [5, 5.41) is 22.3. The van der Waals surface area contributed by atoms with Gasteiger partial charge in [0.15, 0.2) is 6.10 Å². The Bertz CT molecular complexity index is 386. The zero-order valence-corrected chi connectivity index (χ0v) is 10.7. The van der Waals surface area contributed by atoms with Crippen LogP contribution in [0.1, 0.15) is 6.92 Å². The Morgan fingerprint density at radius 1 is 1.30 bits per heavy atom. The van der Waals surface area contributed by atoms with Crippen molar-refractivity contribution in [2.24, 2.45) is 11.5 Å². The fourth-order valence-electron chi connectivity index (χ4n) is 1.07. The van der Waals surface area contributed by atoms with Gasteiger partial charge in [0.1, 0.15) is 12.1 Å². The summed E-state index contributed by atoms with van der Waals surface area (Å²) in [6, 6.07) is -2.85. The zero-order valence-electron chi connectivity index (χ0n) is 10.7. The van der Waals surface area contributed by atoms with Gasteiger partial charge in [0, 0.05) is 0 Å². The van der Waals surface area contributed by atoms with Crippen molar-refractivity contribution in [3.05, 3.63) is 0 Å². The lowest BCUT2D eigenvalue weighted by Gasteiger charge is -2.17. The maximum atomic E-state index is 11.4. The van der Waals surface area contributed by atoms with Gasteiger partial charge in [-0.3, -0.25) is 19.2 Å². The highest BCUT2D eigenvalue weighted by molar-refractivity contribution is 5.90. The molecule has 0 aromatic carbocycles. The van der Waals surface area contributed by atoms with E-state index in [2.05, 4.69) is 5.32 Å². The molecule has 0 aliphatic carbocycles. The molecule has 0 saturated carbocycles. The minimum Gasteiger partial charge on any atom is -0.391 e. The molecule has 1 radical (unpaired) electrons. The Morgan fingerprint density at radius 2 is 1.85 bits per heavy atom. The third-order valence-corrected chi connectivity index (χ3v) is 2.30. The summed E-state index contributed by atoms with van der Waals surface area (Å²) >= 11 is 0. The Kier molecular flexibility index (Phi) is 7.36. The van der Waals surface area contributed by atoms with Crippen molar-refractivity contribution in [3.63, 3.8) is 0 Å². The highest BCUT2D eigenvalue weighted by atomic mass is 16.3. The third kappa shape index (κ3) is 5.73. The molecule has 8 N–H and O–H groups in total. The van der Waals surface area contributed by atoms with E-state index in [1.807, 2.05) is 5.32 Å². The van der Waals surface area contributed by atoms with Crippen LogP contribution in [-0.2, 0) is 19.2 Å². The lowest BCUT2D eigenvalue weighted by Crippen LogP contribution is -2.54. The van der Waals surface area contributed by atoms with Gasteiger partial charge in [0.2, 0.25) is 24.0 Å². The molecule has 4 atom stereocenters. The number of carbonyl (C=O) groups excluding carboxylic acids is 4. The van der Waals surface area contributed by atoms with Crippen LogP contribution in [0.3, 0.4) is 0 Å². The number of amides is 3. The van der Waals surface area contributed by atoms with Crippen LogP contribution in [0.5, 0.6) is 0 Å². The molecule has 0 bridgehead atoms. The number of aliphatic hydroxyl groups excluding tert-OH is 2. The van der Waals surface area contributed by atoms with Crippen LogP contribution in [0.15, 0.2) is 0 Å². The largest absolute Gasteiger partial charge is 0.391 e. The van der Waals surface area contributed by atoms with Gasteiger partial charge in [0.25, 0.3) is 0 Å². The molecular formula is C10H17N4O6. The highest BCUT2D eigenvalue weighted by Crippen LogP contribution is 1.90. The second-order valence-corrected chi connectivity index (χ2v) is 3.99. The molecule has 0 aliphatic rings. The fourth-order valence-corrected chi connectivity index (χ4v) is 1.07. The standard InChI is InChI=1S/C10H17N4O6/c1-4(16)7(11)10(20)13-2-6(17)14-5(3-15)8(18)9(12)19/h4-5,7-8,16,18H,2,11H2,1H3,(H2,12,19)(H,13,20)(H,14,17)/t4-,5+,7-,8+/m0/s1. The van der Waals surface area contributed by atoms with E-state index in [1.54, 1.807) is 0 Å². The summed E-state index contributed by atoms with van der Waals surface area (Å²) in [5.74, 6) is -2.86. The summed E-state index contributed by atoms with van der Waals surface area (Å²) in [6.45, 7) is 0.730. The first-order valence-electron chi connectivity index (χ1n) is 5.56. The van der Waals surface area contributed by atoms with E-state index in [0.29, 0.717) is 0 Å². The van der Waals surface area contributed by atoms with Crippen molar-refractivity contribution in [3.8, 4) is 0 Å². The molecule has 20 heavy (non-hydrogen) atoms. The van der Waals surface area contributed by atoms with Crippen molar-refractivity contribution in [2.75, 3.05) is 6.54 Å². The van der Waals surface area contributed by atoms with Crippen molar-refractivity contribution in [1.82, 2.24) is 10.6 Å². The van der Waals surface area contributed by atoms with Crippen LogP contribution in [0.2, 0.25) is 0 Å². The molecule has 0 aromatic rings. The summed E-state index contributed by atoms with van der Waals surface area (Å²) in [7, 11) is 0. The minimum atomic E-state index is -1.92. The van der Waals surface area contributed by atoms with Crippen LogP contribution in [0.4, 0.5) is 0 Å². The number of carbonyl (C=O) groups is 3. The lowest BCUT2D eigenvalue weighted by molar-refractivity contribution is -0.130. The number of nitrogens with one attached hydrogen (secondary N) is 2. The number of nitrogens with two attached hydrogens (primary N) is 2. The number of hydrogen-bond acceptors (Lipinski definition) is 7. The second-order valence-electron chi connectivity index (χ2n) is 3.99. The molecule has 0 aromatic heterocycles. The lowest BCUT2D eigenvalue weighted by atomic mass is 10.1. The van der Waals surface area contributed by atoms with Crippen LogP contribution >= 0.6 is 0 Å². The number of hydrogen-bond donors (Lipinski definition) is 6. The van der Waals surface area contributed by atoms with Gasteiger partial charge in [-0.05, 0) is 6.92 Å². The molecular weight excluding hydrogens is 272 g/mol. The van der Waals surface area contributed by atoms with E-state index in [9.17, 15) is 24.3 Å². The Labute approximate surface area is 114 Å². The molecule has 0 fully saturated rings. The first kappa shape index (κ1) is 18.0. The van der Waals surface area contributed by atoms with Gasteiger partial charge in [-0.1, -0.05) is 0 Å². The van der Waals surface area contributed by atoms with Crippen molar-refractivity contribution >= 4 is 24.0 Å². The molecule has 0 heterocycles. The van der Waals surface area contributed by atoms with Crippen molar-refractivity contribution in [1.29, 1.82) is 0 Å². The number of rotatable bonds is 8. The van der Waals surface area contributed by atoms with E-state index in [0.717, 1.165) is 0 Å². The maximum Gasteiger partial charge on any atom is 0.248 e. The summed E-state index contributed by atoms with van der Waals surface area (Å²) < 4.78 is 0. The molecule has 0 spiro atoms. The summed E-state index contributed by atoms with van der Waals surface area (Å²) in [6.07, 6.45) is -1.80. The minimum absolute atomic E-state index is 0.567. The van der Waals surface area contributed by atoms with Gasteiger partial charge in [0.05, 0.1) is 12.6 Å². The van der Waals surface area contributed by atoms with Gasteiger partial charge in [-0.25, -0.2) is 0 Å². The van der Waals surface area contributed by atoms with Crippen LogP contribution in [0, 0.1) is 0 Å². The molecule has 0 unspecified atom stereocenters. The Morgan fingerprint density at radius 3 is 2.25 bits per heavy atom. The summed E-state index contributed by atoms with van der Waals surface area (Å²) in [5.41, 5.74) is 10.1. The third-order valence-electron chi connectivity index (χ3n) is 2.30. The van der Waals surface area contributed by atoms with Crippen molar-refractivity contribution < 1.29 is 29.4 Å². The number of primary amides is 1. The molecule has 0 saturated heterocycles. The maximum absolute atomic E-state index is 11.4. The van der Waals surface area contributed by atoms with E-state index in [4.69, 9.17) is 16.6 Å². The average Bonchev–Trinajstić information content (AvgIpc) is 2.39. The van der Waals surface area contributed by atoms with E-state index in [1.165, 1.54) is 13.2 Å². The second kappa shape index (κ2) is 8.19. The Balaban J connectivity index is 4.32. The van der Waals surface area contributed by atoms with Crippen LogP contribution < -0.4 is 22.1 Å². The molecule has 3 amide bonds. The SMILES string of the molecule is C[C@H](O)[C@H](N)C(=O)NCC(=O)N[C@H]([C]=O)[C@@H](O)C(N)=O. The van der Waals surface area contributed by atoms with Gasteiger partial charge in [-0.2, -0.15) is 0 Å². The summed E-state index contributed by atoms with van der Waals surface area (Å²) in [4.78, 5) is 43.8. The molecule has 113 valence electrons. The van der Waals surface area contributed by atoms with Crippen LogP contribution in [0.25, 0.3) is 0 Å². The topological polar surface area (TPSA) is 185 Å². The predicted molar refractivity (Wildman–Crippen MR) is 65.5 cm³/mol. The van der Waals surface area contributed by atoms with Gasteiger partial charge >= 0.3 is 0 Å². The quantitative estimate of drug-likeness (QED) is 0.259. The smallest absolute Gasteiger partial charge is 0.248 e. The molecule has 10 heteroatoms. The van der Waals surface area contributed by atoms with E-state index in [-0.39, 0.29) is 0 Å². The normalized spacial score (nSPS) is 16.4. The predicted octanol–water partition coefficient (Wildman–Crippen LogP) is -4.75. The average molecular weight is 289 g/mol.